The van der Waals surface area contributed by atoms with Crippen molar-refractivity contribution in [1.82, 2.24) is 4.90 Å². The largest absolute Gasteiger partial charge is 0.508 e. The molecule has 2 heteroatoms. The Hall–Kier alpha value is -1.28. The molecule has 2 atom stereocenters. The first-order valence-corrected chi connectivity index (χ1v) is 9.63. The van der Waals surface area contributed by atoms with Crippen LogP contribution >= 0.6 is 0 Å². The number of hydrogen-bond donors (Lipinski definition) is 1. The number of nitrogens with zero attached hydrogens (tertiary/aromatic N) is 1. The van der Waals surface area contributed by atoms with E-state index in [1.807, 2.05) is 6.08 Å². The van der Waals surface area contributed by atoms with Crippen LogP contribution in [0.15, 0.2) is 47.3 Å². The highest BCUT2D eigenvalue weighted by Gasteiger charge is 2.25. The molecule has 0 aromatic carbocycles. The highest BCUT2D eigenvalue weighted by atomic mass is 16.3. The summed E-state index contributed by atoms with van der Waals surface area (Å²) in [7, 11) is 0. The van der Waals surface area contributed by atoms with Gasteiger partial charge in [0.15, 0.2) is 0 Å². The van der Waals surface area contributed by atoms with Crippen molar-refractivity contribution in [2.45, 2.75) is 72.4 Å². The van der Waals surface area contributed by atoms with Crippen LogP contribution in [0, 0.1) is 11.8 Å². The lowest BCUT2D eigenvalue weighted by molar-refractivity contribution is 0.168. The van der Waals surface area contributed by atoms with Crippen LogP contribution in [-0.2, 0) is 0 Å². The predicted molar refractivity (Wildman–Crippen MR) is 104 cm³/mol. The molecule has 2 aliphatic rings. The van der Waals surface area contributed by atoms with E-state index >= 15 is 0 Å². The van der Waals surface area contributed by atoms with Gasteiger partial charge in [0.2, 0.25) is 0 Å². The number of rotatable bonds is 7. The first-order valence-electron chi connectivity index (χ1n) is 9.63. The Kier molecular flexibility index (Phi) is 6.91. The van der Waals surface area contributed by atoms with Gasteiger partial charge in [0, 0.05) is 18.0 Å². The fraction of sp³-hybridized carbons (Fsp3) is 0.636. The second-order valence-electron chi connectivity index (χ2n) is 7.87. The summed E-state index contributed by atoms with van der Waals surface area (Å²) in [5, 5.41) is 10.5. The molecule has 0 heterocycles. The van der Waals surface area contributed by atoms with Crippen molar-refractivity contribution in [3.05, 3.63) is 47.3 Å². The van der Waals surface area contributed by atoms with Crippen molar-refractivity contribution in [2.24, 2.45) is 11.8 Å². The Morgan fingerprint density at radius 3 is 2.42 bits per heavy atom. The van der Waals surface area contributed by atoms with Crippen LogP contribution in [0.3, 0.4) is 0 Å². The molecule has 0 radical (unpaired) electrons. The van der Waals surface area contributed by atoms with Gasteiger partial charge in [-0.05, 0) is 83.1 Å². The van der Waals surface area contributed by atoms with Crippen molar-refractivity contribution in [3.8, 4) is 0 Å². The summed E-state index contributed by atoms with van der Waals surface area (Å²) >= 11 is 0. The molecule has 1 unspecified atom stereocenters. The molecular formula is C22H35NO. The van der Waals surface area contributed by atoms with Crippen molar-refractivity contribution in [3.63, 3.8) is 0 Å². The fourth-order valence-electron chi connectivity index (χ4n) is 3.95. The molecule has 2 rings (SSSR count). The van der Waals surface area contributed by atoms with Gasteiger partial charge in [-0.1, -0.05) is 31.2 Å². The Bertz CT molecular complexity index is 528. The normalized spacial score (nSPS) is 22.7. The molecule has 0 aromatic heterocycles. The van der Waals surface area contributed by atoms with E-state index in [1.54, 1.807) is 0 Å². The lowest BCUT2D eigenvalue weighted by atomic mass is 9.80. The predicted octanol–water partition coefficient (Wildman–Crippen LogP) is 5.80. The molecular weight excluding hydrogens is 294 g/mol. The topological polar surface area (TPSA) is 23.5 Å². The van der Waals surface area contributed by atoms with Crippen molar-refractivity contribution in [2.75, 3.05) is 6.54 Å². The van der Waals surface area contributed by atoms with Crippen LogP contribution in [0.25, 0.3) is 0 Å². The first kappa shape index (κ1) is 19.1. The van der Waals surface area contributed by atoms with Gasteiger partial charge in [-0.25, -0.2) is 0 Å². The minimum Gasteiger partial charge on any atom is -0.508 e. The van der Waals surface area contributed by atoms with E-state index in [0.29, 0.717) is 29.7 Å². The van der Waals surface area contributed by atoms with Crippen molar-refractivity contribution < 1.29 is 5.11 Å². The van der Waals surface area contributed by atoms with E-state index in [4.69, 9.17) is 0 Å². The zero-order valence-electron chi connectivity index (χ0n) is 16.1. The second kappa shape index (κ2) is 8.71. The van der Waals surface area contributed by atoms with Crippen LogP contribution in [0.2, 0.25) is 0 Å². The molecule has 0 spiro atoms. The maximum atomic E-state index is 10.5. The van der Waals surface area contributed by atoms with Crippen LogP contribution < -0.4 is 0 Å². The molecule has 134 valence electrons. The maximum Gasteiger partial charge on any atom is 0.115 e. The van der Waals surface area contributed by atoms with E-state index in [9.17, 15) is 5.11 Å². The van der Waals surface area contributed by atoms with Gasteiger partial charge < -0.3 is 5.11 Å². The smallest absolute Gasteiger partial charge is 0.115 e. The average Bonchev–Trinajstić information content (AvgIpc) is 2.54. The molecule has 0 bridgehead atoms. The number of aliphatic hydroxyl groups excluding tert-OH is 1. The van der Waals surface area contributed by atoms with E-state index in [0.717, 1.165) is 37.8 Å². The van der Waals surface area contributed by atoms with E-state index < -0.39 is 0 Å². The standard InChI is InChI=1S/C22H35NO/c1-16(2)23(17(3)4)14-13-20(19-9-7-6-8-10-19)21-15-18(5)11-12-22(21)24/h7,9-10,12,15-18,20,24H,6,8,11,13-14H2,1-5H3/t18?,20-/m1/s1. The minimum atomic E-state index is 0.306. The second-order valence-corrected chi connectivity index (χ2v) is 7.87. The van der Waals surface area contributed by atoms with Crippen LogP contribution in [0.1, 0.15) is 60.3 Å². The summed E-state index contributed by atoms with van der Waals surface area (Å²) in [6, 6.07) is 1.09. The van der Waals surface area contributed by atoms with Gasteiger partial charge in [-0.2, -0.15) is 0 Å². The quantitative estimate of drug-likeness (QED) is 0.638. The summed E-state index contributed by atoms with van der Waals surface area (Å²) in [6.07, 6.45) is 15.5. The number of hydrogen-bond acceptors (Lipinski definition) is 2. The Balaban J connectivity index is 2.22. The van der Waals surface area contributed by atoms with E-state index in [1.165, 1.54) is 5.57 Å². The third kappa shape index (κ3) is 4.86. The Morgan fingerprint density at radius 2 is 1.83 bits per heavy atom. The van der Waals surface area contributed by atoms with Gasteiger partial charge in [0.25, 0.3) is 0 Å². The third-order valence-electron chi connectivity index (χ3n) is 5.25. The van der Waals surface area contributed by atoms with Gasteiger partial charge in [-0.3, -0.25) is 4.90 Å². The highest BCUT2D eigenvalue weighted by molar-refractivity contribution is 5.41. The lowest BCUT2D eigenvalue weighted by Crippen LogP contribution is -2.38. The molecule has 0 amide bonds. The summed E-state index contributed by atoms with van der Waals surface area (Å²) in [6.45, 7) is 12.4. The van der Waals surface area contributed by atoms with Crippen LogP contribution in [0.5, 0.6) is 0 Å². The molecule has 0 fully saturated rings. The molecule has 1 N–H and O–H groups in total. The highest BCUT2D eigenvalue weighted by Crippen LogP contribution is 2.35. The van der Waals surface area contributed by atoms with Gasteiger partial charge >= 0.3 is 0 Å². The molecule has 2 aliphatic carbocycles. The molecule has 2 nitrogen and oxygen atoms in total. The molecule has 0 aromatic rings. The number of aliphatic hydroxyl groups is 1. The van der Waals surface area contributed by atoms with Gasteiger partial charge in [0.05, 0.1) is 0 Å². The fourth-order valence-corrected chi connectivity index (χ4v) is 3.95. The summed E-state index contributed by atoms with van der Waals surface area (Å²) in [4.78, 5) is 2.55. The van der Waals surface area contributed by atoms with Crippen LogP contribution in [-0.4, -0.2) is 28.6 Å². The maximum absolute atomic E-state index is 10.5. The number of allylic oxidation sites excluding steroid dienone is 7. The van der Waals surface area contributed by atoms with Crippen molar-refractivity contribution >= 4 is 0 Å². The van der Waals surface area contributed by atoms with Crippen LogP contribution in [0.4, 0.5) is 0 Å². The molecule has 0 aliphatic heterocycles. The summed E-state index contributed by atoms with van der Waals surface area (Å²) in [5.74, 6) is 1.32. The van der Waals surface area contributed by atoms with Gasteiger partial charge in [-0.15, -0.1) is 0 Å². The summed E-state index contributed by atoms with van der Waals surface area (Å²) in [5.41, 5.74) is 2.52. The van der Waals surface area contributed by atoms with E-state index in [2.05, 4.69) is 63.8 Å². The van der Waals surface area contributed by atoms with Gasteiger partial charge in [0.1, 0.15) is 5.76 Å². The first-order chi connectivity index (χ1) is 11.4. The zero-order valence-corrected chi connectivity index (χ0v) is 16.1. The monoisotopic (exact) mass is 329 g/mol. The molecule has 0 saturated carbocycles. The van der Waals surface area contributed by atoms with Crippen molar-refractivity contribution in [1.29, 1.82) is 0 Å². The zero-order chi connectivity index (χ0) is 17.7. The SMILES string of the molecule is CC1C=C([C@H](CCN(C(C)C)C(C)C)C2=CCCC=C2)C(O)=CC1. The lowest BCUT2D eigenvalue weighted by Gasteiger charge is -2.33. The molecule has 0 saturated heterocycles. The minimum absolute atomic E-state index is 0.306. The third-order valence-corrected chi connectivity index (χ3v) is 5.25. The Labute approximate surface area is 148 Å². The molecule has 24 heavy (non-hydrogen) atoms. The Morgan fingerprint density at radius 1 is 1.12 bits per heavy atom. The van der Waals surface area contributed by atoms with E-state index in [-0.39, 0.29) is 0 Å². The summed E-state index contributed by atoms with van der Waals surface area (Å²) < 4.78 is 0. The average molecular weight is 330 g/mol.